The van der Waals surface area contributed by atoms with Crippen molar-refractivity contribution in [1.82, 2.24) is 10.2 Å². The molecular weight excluding hydrogens is 609 g/mol. The second-order valence-electron chi connectivity index (χ2n) is 10.8. The van der Waals surface area contributed by atoms with Gasteiger partial charge in [-0.3, -0.25) is 13.9 Å². The van der Waals surface area contributed by atoms with Gasteiger partial charge in [0.2, 0.25) is 11.8 Å². The Morgan fingerprint density at radius 1 is 1.00 bits per heavy atom. The number of sulfonamides is 1. The summed E-state index contributed by atoms with van der Waals surface area (Å²) in [6.45, 7) is 1.73. The Bertz CT molecular complexity index is 1600. The maximum absolute atomic E-state index is 14.2. The number of amides is 2. The van der Waals surface area contributed by atoms with Gasteiger partial charge >= 0.3 is 0 Å². The van der Waals surface area contributed by atoms with E-state index in [1.165, 1.54) is 35.2 Å². The monoisotopic (exact) mass is 643 g/mol. The summed E-state index contributed by atoms with van der Waals surface area (Å²) in [7, 11) is -4.38. The highest BCUT2D eigenvalue weighted by atomic mass is 35.5. The lowest BCUT2D eigenvalue weighted by Gasteiger charge is -2.34. The van der Waals surface area contributed by atoms with Crippen molar-refractivity contribution >= 4 is 39.1 Å². The van der Waals surface area contributed by atoms with Crippen molar-refractivity contribution in [3.8, 4) is 11.5 Å². The summed E-state index contributed by atoms with van der Waals surface area (Å²) in [5.74, 6) is -0.819. The van der Waals surface area contributed by atoms with Gasteiger partial charge in [-0.05, 0) is 67.3 Å². The van der Waals surface area contributed by atoms with Gasteiger partial charge < -0.3 is 19.7 Å². The van der Waals surface area contributed by atoms with Crippen molar-refractivity contribution in [2.24, 2.45) is 0 Å². The lowest BCUT2D eigenvalue weighted by molar-refractivity contribution is -0.140. The molecule has 1 atom stereocenters. The average molecular weight is 644 g/mol. The van der Waals surface area contributed by atoms with Crippen LogP contribution in [0, 0.1) is 5.82 Å². The zero-order chi connectivity index (χ0) is 31.3. The summed E-state index contributed by atoms with van der Waals surface area (Å²) in [6.07, 6.45) is 4.07. The zero-order valence-electron chi connectivity index (χ0n) is 24.4. The Labute approximate surface area is 261 Å². The van der Waals surface area contributed by atoms with Crippen molar-refractivity contribution in [2.75, 3.05) is 24.1 Å². The molecule has 2 aliphatic rings. The first-order chi connectivity index (χ1) is 21.2. The molecule has 0 aromatic heterocycles. The number of hydrogen-bond donors (Lipinski definition) is 1. The van der Waals surface area contributed by atoms with Crippen LogP contribution in [0.3, 0.4) is 0 Å². The highest BCUT2D eigenvalue weighted by Gasteiger charge is 2.35. The fourth-order valence-corrected chi connectivity index (χ4v) is 7.17. The molecule has 0 unspecified atom stereocenters. The minimum Gasteiger partial charge on any atom is -0.486 e. The van der Waals surface area contributed by atoms with Crippen LogP contribution in [-0.4, -0.2) is 57.0 Å². The van der Waals surface area contributed by atoms with Crippen LogP contribution in [0.2, 0.25) is 5.02 Å². The number of rotatable bonds is 11. The summed E-state index contributed by atoms with van der Waals surface area (Å²) in [5.41, 5.74) is 0.688. The first-order valence-corrected chi connectivity index (χ1v) is 16.5. The quantitative estimate of drug-likeness (QED) is 0.304. The standard InChI is InChI=1S/C32H35ClFN3O6S/c1-2-28(32(39)35-24-8-4-5-9-24)36(20-22-7-3-6-10-27(22)33)31(38)21-37(25-13-11-23(34)12-14-25)44(40,41)26-15-16-29-30(19-26)43-18-17-42-29/h3,6-7,10-16,19,24,28H,2,4-5,8-9,17-18,20-21H2,1H3,(H,35,39)/t28-/m0/s1. The third-order valence-electron chi connectivity index (χ3n) is 7.88. The lowest BCUT2D eigenvalue weighted by atomic mass is 10.1. The molecule has 1 saturated carbocycles. The van der Waals surface area contributed by atoms with Gasteiger partial charge in [0.15, 0.2) is 11.5 Å². The van der Waals surface area contributed by atoms with Crippen LogP contribution in [0.15, 0.2) is 71.6 Å². The van der Waals surface area contributed by atoms with Crippen molar-refractivity contribution in [3.63, 3.8) is 0 Å². The lowest BCUT2D eigenvalue weighted by Crippen LogP contribution is -2.53. The molecule has 0 radical (unpaired) electrons. The van der Waals surface area contributed by atoms with Crippen molar-refractivity contribution < 1.29 is 31.9 Å². The molecule has 1 fully saturated rings. The molecule has 2 amide bonds. The molecule has 12 heteroatoms. The molecular formula is C32H35ClFN3O6S. The van der Waals surface area contributed by atoms with Crippen LogP contribution in [0.5, 0.6) is 11.5 Å². The van der Waals surface area contributed by atoms with E-state index in [4.69, 9.17) is 21.1 Å². The van der Waals surface area contributed by atoms with Crippen molar-refractivity contribution in [2.45, 2.75) is 62.6 Å². The van der Waals surface area contributed by atoms with Crippen LogP contribution in [-0.2, 0) is 26.2 Å². The second kappa shape index (κ2) is 13.9. The predicted octanol–water partition coefficient (Wildman–Crippen LogP) is 5.31. The van der Waals surface area contributed by atoms with E-state index >= 15 is 0 Å². The minimum atomic E-state index is -4.38. The number of carbonyl (C=O) groups is 2. The molecule has 1 aliphatic heterocycles. The number of nitrogens with zero attached hydrogens (tertiary/aromatic N) is 2. The zero-order valence-corrected chi connectivity index (χ0v) is 26.0. The van der Waals surface area contributed by atoms with Crippen LogP contribution < -0.4 is 19.1 Å². The molecule has 9 nitrogen and oxygen atoms in total. The predicted molar refractivity (Wildman–Crippen MR) is 165 cm³/mol. The first-order valence-electron chi connectivity index (χ1n) is 14.7. The number of halogens is 2. The highest BCUT2D eigenvalue weighted by Crippen LogP contribution is 2.34. The number of nitrogens with one attached hydrogen (secondary N) is 1. The number of benzene rings is 3. The van der Waals surface area contributed by atoms with Gasteiger partial charge in [0, 0.05) is 23.7 Å². The molecule has 0 bridgehead atoms. The highest BCUT2D eigenvalue weighted by molar-refractivity contribution is 7.92. The van der Waals surface area contributed by atoms with Crippen molar-refractivity contribution in [1.29, 1.82) is 0 Å². The number of fused-ring (bicyclic) bond motifs is 1. The molecule has 0 spiro atoms. The molecule has 5 rings (SSSR count). The molecule has 234 valence electrons. The summed E-state index contributed by atoms with van der Waals surface area (Å²) >= 11 is 6.46. The third kappa shape index (κ3) is 7.10. The number of hydrogen-bond acceptors (Lipinski definition) is 6. The van der Waals surface area contributed by atoms with E-state index in [9.17, 15) is 22.4 Å². The van der Waals surface area contributed by atoms with Gasteiger partial charge in [0.25, 0.3) is 10.0 Å². The fourth-order valence-electron chi connectivity index (χ4n) is 5.54. The Kier molecular flexibility index (Phi) is 9.95. The van der Waals surface area contributed by atoms with Gasteiger partial charge in [-0.15, -0.1) is 0 Å². The maximum atomic E-state index is 14.2. The van der Waals surface area contributed by atoms with E-state index < -0.39 is 34.3 Å². The van der Waals surface area contributed by atoms with Gasteiger partial charge in [-0.2, -0.15) is 0 Å². The van der Waals surface area contributed by atoms with Crippen LogP contribution in [0.25, 0.3) is 0 Å². The van der Waals surface area contributed by atoms with Gasteiger partial charge in [0.1, 0.15) is 31.6 Å². The van der Waals surface area contributed by atoms with E-state index in [-0.39, 0.29) is 41.4 Å². The topological polar surface area (TPSA) is 105 Å². The van der Waals surface area contributed by atoms with E-state index in [0.717, 1.165) is 42.1 Å². The second-order valence-corrected chi connectivity index (χ2v) is 13.1. The summed E-state index contributed by atoms with van der Waals surface area (Å²) in [6, 6.07) is 15.2. The minimum absolute atomic E-state index is 0.0174. The summed E-state index contributed by atoms with van der Waals surface area (Å²) < 4.78 is 54.2. The Morgan fingerprint density at radius 3 is 2.36 bits per heavy atom. The van der Waals surface area contributed by atoms with Crippen LogP contribution in [0.1, 0.15) is 44.6 Å². The van der Waals surface area contributed by atoms with Crippen molar-refractivity contribution in [3.05, 3.63) is 83.1 Å². The van der Waals surface area contributed by atoms with Gasteiger partial charge in [-0.25, -0.2) is 12.8 Å². The average Bonchev–Trinajstić information content (AvgIpc) is 3.54. The third-order valence-corrected chi connectivity index (χ3v) is 10.0. The van der Waals surface area contributed by atoms with Gasteiger partial charge in [-0.1, -0.05) is 49.6 Å². The van der Waals surface area contributed by atoms with Gasteiger partial charge in [0.05, 0.1) is 10.6 Å². The largest absolute Gasteiger partial charge is 0.486 e. The van der Waals surface area contributed by atoms with Crippen LogP contribution in [0.4, 0.5) is 10.1 Å². The molecule has 1 heterocycles. The number of ether oxygens (including phenoxy) is 2. The molecule has 44 heavy (non-hydrogen) atoms. The number of anilines is 1. The molecule has 0 saturated heterocycles. The Balaban J connectivity index is 1.51. The summed E-state index contributed by atoms with van der Waals surface area (Å²) in [5, 5.41) is 3.49. The SMILES string of the molecule is CC[C@@H](C(=O)NC1CCCC1)N(Cc1ccccc1Cl)C(=O)CN(c1ccc(F)cc1)S(=O)(=O)c1ccc2c(c1)OCCO2. The smallest absolute Gasteiger partial charge is 0.264 e. The number of carbonyl (C=O) groups excluding carboxylic acids is 2. The molecule has 1 aliphatic carbocycles. The Morgan fingerprint density at radius 2 is 1.68 bits per heavy atom. The normalized spacial score (nSPS) is 15.4. The summed E-state index contributed by atoms with van der Waals surface area (Å²) in [4.78, 5) is 29.0. The van der Waals surface area contributed by atoms with E-state index in [1.807, 2.05) is 0 Å². The molecule has 3 aromatic carbocycles. The van der Waals surface area contributed by atoms with E-state index in [2.05, 4.69) is 5.32 Å². The van der Waals surface area contributed by atoms with Crippen LogP contribution >= 0.6 is 11.6 Å². The maximum Gasteiger partial charge on any atom is 0.264 e. The van der Waals surface area contributed by atoms with E-state index in [1.54, 1.807) is 31.2 Å². The molecule has 1 N–H and O–H groups in total. The Hall–Kier alpha value is -3.83. The first kappa shape index (κ1) is 31.6. The van der Waals surface area contributed by atoms with E-state index in [0.29, 0.717) is 29.4 Å². The molecule has 3 aromatic rings. The fraction of sp³-hybridized carbons (Fsp3) is 0.375.